The number of nitrogens with zero attached hydrogens (tertiary/aromatic N) is 1. The van der Waals surface area contributed by atoms with Crippen LogP contribution in [0.4, 0.5) is 5.69 Å². The maximum Gasteiger partial charge on any atom is 0.262 e. The van der Waals surface area contributed by atoms with Crippen molar-refractivity contribution in [2.45, 2.75) is 6.54 Å². The summed E-state index contributed by atoms with van der Waals surface area (Å²) in [6.45, 7) is 0.315. The minimum Gasteiger partial charge on any atom is -0.497 e. The number of hydrogen-bond donors (Lipinski definition) is 2. The molecule has 174 valence electrons. The van der Waals surface area contributed by atoms with Crippen LogP contribution in [0.15, 0.2) is 65.5 Å². The van der Waals surface area contributed by atoms with E-state index >= 15 is 0 Å². The van der Waals surface area contributed by atoms with E-state index in [9.17, 15) is 9.59 Å². The van der Waals surface area contributed by atoms with Crippen molar-refractivity contribution in [3.63, 3.8) is 0 Å². The molecule has 0 fully saturated rings. The summed E-state index contributed by atoms with van der Waals surface area (Å²) in [5.41, 5.74) is 2.08. The molecule has 1 heterocycles. The zero-order valence-electron chi connectivity index (χ0n) is 18.9. The number of carbonyl (C=O) groups is 1. The standard InChI is InChI=1S/C25H23N3O5S/c1-31-18-8-4-15(5-9-18)14-28-24(30)19-10-6-16(12-20(19)27-25(28)34)23(29)26-17-7-11-21(32-2)22(13-17)33-3/h4-13H,14H2,1-3H3,(H,26,29)(H,27,34). The lowest BCUT2D eigenvalue weighted by atomic mass is 10.1. The largest absolute Gasteiger partial charge is 0.497 e. The predicted octanol–water partition coefficient (Wildman–Crippen LogP) is 4.39. The fraction of sp³-hybridized carbons (Fsp3) is 0.160. The van der Waals surface area contributed by atoms with Gasteiger partial charge in [0.25, 0.3) is 11.5 Å². The van der Waals surface area contributed by atoms with Crippen LogP contribution in [-0.2, 0) is 6.54 Å². The minimum absolute atomic E-state index is 0.235. The monoisotopic (exact) mass is 477 g/mol. The second-order valence-corrected chi connectivity index (χ2v) is 7.84. The Balaban J connectivity index is 1.61. The number of amides is 1. The molecule has 0 saturated heterocycles. The van der Waals surface area contributed by atoms with Crippen molar-refractivity contribution in [3.8, 4) is 17.2 Å². The lowest BCUT2D eigenvalue weighted by Crippen LogP contribution is -2.23. The van der Waals surface area contributed by atoms with Crippen LogP contribution >= 0.6 is 12.2 Å². The molecule has 0 aliphatic rings. The molecule has 3 aromatic carbocycles. The molecule has 0 aliphatic carbocycles. The summed E-state index contributed by atoms with van der Waals surface area (Å²) < 4.78 is 17.4. The van der Waals surface area contributed by atoms with Gasteiger partial charge in [0.15, 0.2) is 16.3 Å². The van der Waals surface area contributed by atoms with Crippen LogP contribution in [0, 0.1) is 4.77 Å². The van der Waals surface area contributed by atoms with Gasteiger partial charge in [-0.1, -0.05) is 12.1 Å². The second-order valence-electron chi connectivity index (χ2n) is 7.45. The molecule has 34 heavy (non-hydrogen) atoms. The van der Waals surface area contributed by atoms with Gasteiger partial charge in [-0.3, -0.25) is 14.2 Å². The molecule has 0 atom stereocenters. The number of fused-ring (bicyclic) bond motifs is 1. The highest BCUT2D eigenvalue weighted by molar-refractivity contribution is 7.71. The summed E-state index contributed by atoms with van der Waals surface area (Å²) in [5, 5.41) is 3.26. The van der Waals surface area contributed by atoms with Crippen molar-refractivity contribution in [2.75, 3.05) is 26.6 Å². The lowest BCUT2D eigenvalue weighted by Gasteiger charge is -2.12. The predicted molar refractivity (Wildman–Crippen MR) is 133 cm³/mol. The molecule has 8 nitrogen and oxygen atoms in total. The fourth-order valence-electron chi connectivity index (χ4n) is 3.57. The number of hydrogen-bond acceptors (Lipinski definition) is 6. The average Bonchev–Trinajstić information content (AvgIpc) is 2.86. The van der Waals surface area contributed by atoms with Crippen molar-refractivity contribution in [3.05, 3.63) is 86.9 Å². The smallest absolute Gasteiger partial charge is 0.262 e. The van der Waals surface area contributed by atoms with Gasteiger partial charge in [-0.25, -0.2) is 0 Å². The Kier molecular flexibility index (Phi) is 6.65. The minimum atomic E-state index is -0.337. The van der Waals surface area contributed by atoms with E-state index < -0.39 is 0 Å². The Bertz CT molecular complexity index is 1480. The van der Waals surface area contributed by atoms with Gasteiger partial charge in [-0.05, 0) is 60.2 Å². The van der Waals surface area contributed by atoms with E-state index in [-0.39, 0.29) is 16.2 Å². The first kappa shape index (κ1) is 23.1. The summed E-state index contributed by atoms with van der Waals surface area (Å²) in [4.78, 5) is 29.0. The van der Waals surface area contributed by atoms with Crippen LogP contribution in [0.3, 0.4) is 0 Å². The van der Waals surface area contributed by atoms with E-state index in [2.05, 4.69) is 10.3 Å². The first-order valence-electron chi connectivity index (χ1n) is 10.4. The highest BCUT2D eigenvalue weighted by Crippen LogP contribution is 2.30. The fourth-order valence-corrected chi connectivity index (χ4v) is 3.83. The number of methoxy groups -OCH3 is 3. The molecule has 0 spiro atoms. The molecule has 0 unspecified atom stereocenters. The molecule has 0 aliphatic heterocycles. The number of H-pyrrole nitrogens is 1. The number of aromatic amines is 1. The van der Waals surface area contributed by atoms with Gasteiger partial charge in [0.1, 0.15) is 5.75 Å². The van der Waals surface area contributed by atoms with Gasteiger partial charge in [0.05, 0.1) is 38.8 Å². The van der Waals surface area contributed by atoms with Gasteiger partial charge >= 0.3 is 0 Å². The third-order valence-corrected chi connectivity index (χ3v) is 5.71. The number of rotatable bonds is 7. The maximum absolute atomic E-state index is 13.1. The maximum atomic E-state index is 13.1. The van der Waals surface area contributed by atoms with E-state index in [0.717, 1.165) is 11.3 Å². The number of benzene rings is 3. The molecular weight excluding hydrogens is 454 g/mol. The number of ether oxygens (including phenoxy) is 3. The normalized spacial score (nSPS) is 10.7. The quantitative estimate of drug-likeness (QED) is 0.384. The zero-order valence-corrected chi connectivity index (χ0v) is 19.7. The van der Waals surface area contributed by atoms with E-state index in [1.807, 2.05) is 24.3 Å². The molecule has 2 N–H and O–H groups in total. The number of nitrogens with one attached hydrogen (secondary N) is 2. The first-order chi connectivity index (χ1) is 16.4. The van der Waals surface area contributed by atoms with Crippen LogP contribution < -0.4 is 25.1 Å². The Labute approximate surface area is 200 Å². The molecule has 0 saturated carbocycles. The van der Waals surface area contributed by atoms with Gasteiger partial charge in [0.2, 0.25) is 0 Å². The van der Waals surface area contributed by atoms with Gasteiger partial charge in [-0.2, -0.15) is 0 Å². The molecule has 4 rings (SSSR count). The van der Waals surface area contributed by atoms with Crippen molar-refractivity contribution in [2.24, 2.45) is 0 Å². The molecule has 0 radical (unpaired) electrons. The van der Waals surface area contributed by atoms with E-state index in [1.54, 1.807) is 50.6 Å². The molecular formula is C25H23N3O5S. The van der Waals surface area contributed by atoms with E-state index in [4.69, 9.17) is 26.4 Å². The third-order valence-electron chi connectivity index (χ3n) is 5.39. The summed E-state index contributed by atoms with van der Waals surface area (Å²) in [7, 11) is 4.66. The van der Waals surface area contributed by atoms with E-state index in [1.165, 1.54) is 11.7 Å². The topological polar surface area (TPSA) is 94.6 Å². The number of aromatic nitrogens is 2. The molecule has 9 heteroatoms. The highest BCUT2D eigenvalue weighted by Gasteiger charge is 2.13. The lowest BCUT2D eigenvalue weighted by molar-refractivity contribution is 0.102. The summed E-state index contributed by atoms with van der Waals surface area (Å²) in [6, 6.07) is 17.4. The van der Waals surface area contributed by atoms with Gasteiger partial charge < -0.3 is 24.5 Å². The molecule has 1 aromatic heterocycles. The van der Waals surface area contributed by atoms with Gasteiger partial charge in [-0.15, -0.1) is 0 Å². The third kappa shape index (κ3) is 4.65. The van der Waals surface area contributed by atoms with Crippen molar-refractivity contribution in [1.82, 2.24) is 9.55 Å². The SMILES string of the molecule is COc1ccc(Cn2c(=S)[nH]c3cc(C(=O)Nc4ccc(OC)c(OC)c4)ccc3c2=O)cc1. The average molecular weight is 478 g/mol. The van der Waals surface area contributed by atoms with Crippen LogP contribution in [0.1, 0.15) is 15.9 Å². The van der Waals surface area contributed by atoms with E-state index in [0.29, 0.717) is 40.2 Å². The summed E-state index contributed by atoms with van der Waals surface area (Å²) in [5.74, 6) is 1.46. The number of carbonyl (C=O) groups excluding carboxylic acids is 1. The van der Waals surface area contributed by atoms with Crippen LogP contribution in [-0.4, -0.2) is 36.8 Å². The molecule has 1 amide bonds. The first-order valence-corrected chi connectivity index (χ1v) is 10.8. The van der Waals surface area contributed by atoms with Crippen molar-refractivity contribution < 1.29 is 19.0 Å². The van der Waals surface area contributed by atoms with Crippen molar-refractivity contribution >= 4 is 34.7 Å². The second kappa shape index (κ2) is 9.80. The Morgan fingerprint density at radius 3 is 2.35 bits per heavy atom. The van der Waals surface area contributed by atoms with Crippen LogP contribution in [0.2, 0.25) is 0 Å². The van der Waals surface area contributed by atoms with Crippen LogP contribution in [0.5, 0.6) is 17.2 Å². The van der Waals surface area contributed by atoms with Gasteiger partial charge in [0, 0.05) is 17.3 Å². The summed E-state index contributed by atoms with van der Waals surface area (Å²) >= 11 is 5.44. The van der Waals surface area contributed by atoms with Crippen LogP contribution in [0.25, 0.3) is 10.9 Å². The highest BCUT2D eigenvalue weighted by atomic mass is 32.1. The Hall–Kier alpha value is -4.11. The van der Waals surface area contributed by atoms with Crippen molar-refractivity contribution in [1.29, 1.82) is 0 Å². The molecule has 0 bridgehead atoms. The molecule has 4 aromatic rings. The summed E-state index contributed by atoms with van der Waals surface area (Å²) in [6.07, 6.45) is 0. The zero-order chi connectivity index (χ0) is 24.2. The Morgan fingerprint density at radius 2 is 1.68 bits per heavy atom. The number of anilines is 1. The Morgan fingerprint density at radius 1 is 0.941 bits per heavy atom.